The zero-order chi connectivity index (χ0) is 20.6. The van der Waals surface area contributed by atoms with Crippen molar-refractivity contribution in [2.24, 2.45) is 0 Å². The molecule has 0 aromatic heterocycles. The molecule has 6 nitrogen and oxygen atoms in total. The number of nitrogens with one attached hydrogen (secondary N) is 2. The Morgan fingerprint density at radius 2 is 1.90 bits per heavy atom. The summed E-state index contributed by atoms with van der Waals surface area (Å²) in [7, 11) is 0. The van der Waals surface area contributed by atoms with E-state index < -0.39 is 11.6 Å². The van der Waals surface area contributed by atoms with Crippen LogP contribution in [0.1, 0.15) is 48.6 Å². The van der Waals surface area contributed by atoms with Gasteiger partial charge in [0.05, 0.1) is 6.04 Å². The number of benzene rings is 2. The van der Waals surface area contributed by atoms with Crippen molar-refractivity contribution in [3.05, 3.63) is 70.8 Å². The number of fused-ring (bicyclic) bond motifs is 2. The third-order valence-electron chi connectivity index (χ3n) is 5.99. The first-order valence-electron chi connectivity index (χ1n) is 10.1. The Kier molecular flexibility index (Phi) is 4.86. The molecule has 2 N–H and O–H groups in total. The lowest BCUT2D eigenvalue weighted by molar-refractivity contribution is -0.135. The molecular formula is C23H25N3O3. The maximum atomic E-state index is 13.1. The summed E-state index contributed by atoms with van der Waals surface area (Å²) in [6.45, 7) is 3.69. The molecule has 2 aromatic carbocycles. The van der Waals surface area contributed by atoms with Gasteiger partial charge in [-0.25, -0.2) is 4.79 Å². The number of imide groups is 1. The van der Waals surface area contributed by atoms with Gasteiger partial charge in [0, 0.05) is 0 Å². The van der Waals surface area contributed by atoms with E-state index >= 15 is 0 Å². The minimum Gasteiger partial charge on any atom is -0.348 e. The number of rotatable bonds is 5. The van der Waals surface area contributed by atoms with Gasteiger partial charge in [-0.1, -0.05) is 55.5 Å². The molecule has 4 rings (SSSR count). The molecule has 2 unspecified atom stereocenters. The molecular weight excluding hydrogens is 366 g/mol. The van der Waals surface area contributed by atoms with Gasteiger partial charge in [-0.05, 0) is 48.4 Å². The van der Waals surface area contributed by atoms with E-state index in [1.54, 1.807) is 0 Å². The number of carbonyl (C=O) groups excluding carboxylic acids is 3. The fourth-order valence-corrected chi connectivity index (χ4v) is 4.29. The lowest BCUT2D eigenvalue weighted by Crippen LogP contribution is -2.44. The molecule has 1 aliphatic heterocycles. The second kappa shape index (κ2) is 7.35. The second-order valence-corrected chi connectivity index (χ2v) is 7.77. The van der Waals surface area contributed by atoms with Gasteiger partial charge < -0.3 is 10.6 Å². The summed E-state index contributed by atoms with van der Waals surface area (Å²) in [5.41, 5.74) is 3.08. The third-order valence-corrected chi connectivity index (χ3v) is 5.99. The highest BCUT2D eigenvalue weighted by Crippen LogP contribution is 2.41. The van der Waals surface area contributed by atoms with Gasteiger partial charge in [-0.15, -0.1) is 0 Å². The van der Waals surface area contributed by atoms with Crippen LogP contribution in [-0.4, -0.2) is 29.3 Å². The number of hydrogen-bond acceptors (Lipinski definition) is 3. The van der Waals surface area contributed by atoms with Crippen LogP contribution in [0.25, 0.3) is 0 Å². The first-order valence-corrected chi connectivity index (χ1v) is 10.1. The van der Waals surface area contributed by atoms with Crippen LogP contribution in [0.15, 0.2) is 48.5 Å². The topological polar surface area (TPSA) is 78.5 Å². The zero-order valence-electron chi connectivity index (χ0n) is 16.7. The van der Waals surface area contributed by atoms with Crippen molar-refractivity contribution in [1.82, 2.24) is 15.5 Å². The molecule has 2 atom stereocenters. The van der Waals surface area contributed by atoms with Gasteiger partial charge in [0.2, 0.25) is 5.91 Å². The summed E-state index contributed by atoms with van der Waals surface area (Å²) >= 11 is 0. The summed E-state index contributed by atoms with van der Waals surface area (Å²) < 4.78 is 0. The lowest BCUT2D eigenvalue weighted by Gasteiger charge is -2.22. The van der Waals surface area contributed by atoms with E-state index in [9.17, 15) is 14.4 Å². The predicted molar refractivity (Wildman–Crippen MR) is 109 cm³/mol. The Balaban J connectivity index is 1.45. The summed E-state index contributed by atoms with van der Waals surface area (Å²) in [5, 5.41) is 5.73. The van der Waals surface area contributed by atoms with Crippen molar-refractivity contribution < 1.29 is 14.4 Å². The first kappa shape index (κ1) is 19.2. The second-order valence-electron chi connectivity index (χ2n) is 7.77. The van der Waals surface area contributed by atoms with Gasteiger partial charge in [0.15, 0.2) is 0 Å². The molecule has 2 aromatic rings. The van der Waals surface area contributed by atoms with E-state index in [2.05, 4.69) is 17.6 Å². The Morgan fingerprint density at radius 1 is 1.17 bits per heavy atom. The Hall–Kier alpha value is -3.15. The molecule has 150 valence electrons. The quantitative estimate of drug-likeness (QED) is 0.770. The maximum absolute atomic E-state index is 13.1. The van der Waals surface area contributed by atoms with E-state index in [0.717, 1.165) is 34.4 Å². The van der Waals surface area contributed by atoms with E-state index in [-0.39, 0.29) is 24.4 Å². The molecule has 0 radical (unpaired) electrons. The number of hydrogen-bond donors (Lipinski definition) is 2. The average Bonchev–Trinajstić information content (AvgIpc) is 3.21. The average molecular weight is 391 g/mol. The number of urea groups is 1. The number of carbonyl (C=O) groups is 3. The predicted octanol–water partition coefficient (Wildman–Crippen LogP) is 2.82. The molecule has 0 saturated carbocycles. The SMILES string of the molecule is CCc1ccc(C(C)NC(=O)CN2C(=O)NC3(CCc4ccccc43)C2=O)cc1. The maximum Gasteiger partial charge on any atom is 0.325 e. The van der Waals surface area contributed by atoms with Crippen LogP contribution >= 0.6 is 0 Å². The van der Waals surface area contributed by atoms with Crippen LogP contribution in [0.3, 0.4) is 0 Å². The molecule has 1 spiro atoms. The van der Waals surface area contributed by atoms with Crippen molar-refractivity contribution in [3.63, 3.8) is 0 Å². The molecule has 1 saturated heterocycles. The zero-order valence-corrected chi connectivity index (χ0v) is 16.7. The summed E-state index contributed by atoms with van der Waals surface area (Å²) in [6, 6.07) is 15.0. The van der Waals surface area contributed by atoms with Crippen LogP contribution in [0.4, 0.5) is 4.79 Å². The molecule has 6 heteroatoms. The van der Waals surface area contributed by atoms with Crippen LogP contribution in [-0.2, 0) is 28.0 Å². The Labute approximate surface area is 170 Å². The van der Waals surface area contributed by atoms with Crippen LogP contribution in [0.5, 0.6) is 0 Å². The minimum absolute atomic E-state index is 0.213. The summed E-state index contributed by atoms with van der Waals surface area (Å²) in [4.78, 5) is 39.3. The van der Waals surface area contributed by atoms with Crippen LogP contribution in [0, 0.1) is 0 Å². The molecule has 0 bridgehead atoms. The van der Waals surface area contributed by atoms with Gasteiger partial charge in [0.1, 0.15) is 12.1 Å². The summed E-state index contributed by atoms with van der Waals surface area (Å²) in [5.74, 6) is -0.702. The lowest BCUT2D eigenvalue weighted by atomic mass is 9.92. The minimum atomic E-state index is -1.03. The molecule has 1 fully saturated rings. The van der Waals surface area contributed by atoms with Crippen LogP contribution in [0.2, 0.25) is 0 Å². The molecule has 1 aliphatic carbocycles. The number of amides is 4. The fraction of sp³-hybridized carbons (Fsp3) is 0.348. The van der Waals surface area contributed by atoms with E-state index in [1.165, 1.54) is 5.56 Å². The van der Waals surface area contributed by atoms with E-state index in [1.807, 2.05) is 55.5 Å². The van der Waals surface area contributed by atoms with E-state index in [0.29, 0.717) is 6.42 Å². The van der Waals surface area contributed by atoms with Crippen molar-refractivity contribution in [2.45, 2.75) is 44.7 Å². The molecule has 29 heavy (non-hydrogen) atoms. The largest absolute Gasteiger partial charge is 0.348 e. The molecule has 2 aliphatic rings. The smallest absolute Gasteiger partial charge is 0.325 e. The molecule has 1 heterocycles. The highest BCUT2D eigenvalue weighted by molar-refractivity contribution is 6.09. The normalized spacial score (nSPS) is 21.2. The number of aryl methyl sites for hydroxylation is 2. The van der Waals surface area contributed by atoms with Crippen molar-refractivity contribution in [2.75, 3.05) is 6.54 Å². The number of nitrogens with zero attached hydrogens (tertiary/aromatic N) is 1. The highest BCUT2D eigenvalue weighted by Gasteiger charge is 2.55. The van der Waals surface area contributed by atoms with Gasteiger partial charge in [0.25, 0.3) is 5.91 Å². The van der Waals surface area contributed by atoms with Crippen molar-refractivity contribution >= 4 is 17.8 Å². The first-order chi connectivity index (χ1) is 13.9. The van der Waals surface area contributed by atoms with Gasteiger partial charge >= 0.3 is 6.03 Å². The van der Waals surface area contributed by atoms with Gasteiger partial charge in [-0.3, -0.25) is 14.5 Å². The van der Waals surface area contributed by atoms with Crippen molar-refractivity contribution in [1.29, 1.82) is 0 Å². The van der Waals surface area contributed by atoms with Crippen LogP contribution < -0.4 is 10.6 Å². The third kappa shape index (κ3) is 3.28. The standard InChI is InChI=1S/C23H25N3O3/c1-3-16-8-10-17(11-9-16)15(2)24-20(27)14-26-21(28)23(25-22(26)29)13-12-18-6-4-5-7-19(18)23/h4-11,15H,3,12-14H2,1-2H3,(H,24,27)(H,25,29). The highest BCUT2D eigenvalue weighted by atomic mass is 16.2. The van der Waals surface area contributed by atoms with E-state index in [4.69, 9.17) is 0 Å². The van der Waals surface area contributed by atoms with Gasteiger partial charge in [-0.2, -0.15) is 0 Å². The fourth-order valence-electron chi connectivity index (χ4n) is 4.29. The Bertz CT molecular complexity index is 970. The molecule has 4 amide bonds. The Morgan fingerprint density at radius 3 is 2.62 bits per heavy atom. The summed E-state index contributed by atoms with van der Waals surface area (Å²) in [6.07, 6.45) is 2.21. The monoisotopic (exact) mass is 391 g/mol. The van der Waals surface area contributed by atoms with Crippen molar-refractivity contribution in [3.8, 4) is 0 Å².